The summed E-state index contributed by atoms with van der Waals surface area (Å²) >= 11 is 0. The molecule has 1 N–H and O–H groups in total. The Hall–Kier alpha value is -4.13. The minimum Gasteiger partial charge on any atom is -0.497 e. The van der Waals surface area contributed by atoms with Gasteiger partial charge in [0.25, 0.3) is 5.91 Å². The van der Waals surface area contributed by atoms with Gasteiger partial charge in [-0.3, -0.25) is 9.59 Å². The molecule has 1 heterocycles. The van der Waals surface area contributed by atoms with Gasteiger partial charge in [-0.25, -0.2) is 4.79 Å². The molecule has 7 nitrogen and oxygen atoms in total. The molecule has 0 aromatic heterocycles. The monoisotopic (exact) mass is 512 g/mol. The molecule has 0 unspecified atom stereocenters. The molecule has 196 valence electrons. The van der Waals surface area contributed by atoms with Crippen LogP contribution in [0.1, 0.15) is 75.9 Å². The van der Waals surface area contributed by atoms with E-state index in [1.165, 1.54) is 7.11 Å². The zero-order chi connectivity index (χ0) is 26.6. The minimum atomic E-state index is -0.690. The molecule has 0 saturated heterocycles. The first-order valence-electron chi connectivity index (χ1n) is 13.1. The average molecular weight is 513 g/mol. The number of para-hydroxylation sites is 1. The SMILES string of the molecule is COC(=O)c1ccccc1NC(=O)[C@@H]1c2ccccc2C(=O)N(C2CCCCC2)[C@H]1c1ccc(OC)cc1. The summed E-state index contributed by atoms with van der Waals surface area (Å²) in [6.07, 6.45) is 5.06. The largest absolute Gasteiger partial charge is 0.497 e. The standard InChI is InChI=1S/C31H32N2O5/c1-37-22-18-16-20(17-19-22)28-27(29(34)32-26-15-9-8-14-25(26)31(36)38-2)23-12-6-7-13-24(23)30(35)33(28)21-10-4-3-5-11-21/h6-9,12-19,21,27-28H,3-5,10-11H2,1-2H3,(H,32,34)/t27-,28+/m1/s1. The van der Waals surface area contributed by atoms with E-state index in [9.17, 15) is 14.4 Å². The first-order chi connectivity index (χ1) is 18.5. The van der Waals surface area contributed by atoms with Crippen molar-refractivity contribution >= 4 is 23.5 Å². The van der Waals surface area contributed by atoms with Gasteiger partial charge >= 0.3 is 5.97 Å². The zero-order valence-electron chi connectivity index (χ0n) is 21.7. The van der Waals surface area contributed by atoms with E-state index in [0.29, 0.717) is 22.6 Å². The lowest BCUT2D eigenvalue weighted by Gasteiger charge is -2.46. The molecule has 1 saturated carbocycles. The molecule has 1 aliphatic heterocycles. The van der Waals surface area contributed by atoms with Gasteiger partial charge in [-0.2, -0.15) is 0 Å². The quantitative estimate of drug-likeness (QED) is 0.426. The normalized spacial score (nSPS) is 19.4. The van der Waals surface area contributed by atoms with Crippen LogP contribution >= 0.6 is 0 Å². The topological polar surface area (TPSA) is 84.9 Å². The van der Waals surface area contributed by atoms with Crippen molar-refractivity contribution in [2.45, 2.75) is 50.1 Å². The van der Waals surface area contributed by atoms with E-state index < -0.39 is 17.9 Å². The molecule has 38 heavy (non-hydrogen) atoms. The van der Waals surface area contributed by atoms with Crippen molar-refractivity contribution in [3.8, 4) is 5.75 Å². The molecule has 7 heteroatoms. The summed E-state index contributed by atoms with van der Waals surface area (Å²) in [7, 11) is 2.92. The van der Waals surface area contributed by atoms with Crippen LogP contribution in [0.2, 0.25) is 0 Å². The number of hydrogen-bond donors (Lipinski definition) is 1. The van der Waals surface area contributed by atoms with Crippen molar-refractivity contribution in [3.63, 3.8) is 0 Å². The number of esters is 1. The number of carbonyl (C=O) groups excluding carboxylic acids is 3. The lowest BCUT2D eigenvalue weighted by Crippen LogP contribution is -2.51. The second-order valence-electron chi connectivity index (χ2n) is 9.81. The molecule has 2 atom stereocenters. The molecule has 2 aliphatic rings. The molecule has 3 aromatic carbocycles. The van der Waals surface area contributed by atoms with E-state index in [2.05, 4.69) is 5.32 Å². The van der Waals surface area contributed by atoms with Crippen molar-refractivity contribution in [1.29, 1.82) is 0 Å². The molecule has 2 amide bonds. The summed E-state index contributed by atoms with van der Waals surface area (Å²) < 4.78 is 10.3. The van der Waals surface area contributed by atoms with Crippen LogP contribution < -0.4 is 10.1 Å². The first-order valence-corrected chi connectivity index (χ1v) is 13.1. The molecule has 0 spiro atoms. The smallest absolute Gasteiger partial charge is 0.339 e. The summed E-state index contributed by atoms with van der Waals surface area (Å²) in [6.45, 7) is 0. The second kappa shape index (κ2) is 11.1. The average Bonchev–Trinajstić information content (AvgIpc) is 2.97. The maximum Gasteiger partial charge on any atom is 0.339 e. The lowest BCUT2D eigenvalue weighted by molar-refractivity contribution is -0.119. The highest BCUT2D eigenvalue weighted by Gasteiger charge is 2.46. The van der Waals surface area contributed by atoms with E-state index >= 15 is 0 Å². The molecular formula is C31H32N2O5. The van der Waals surface area contributed by atoms with Gasteiger partial charge in [-0.05, 0) is 54.3 Å². The fraction of sp³-hybridized carbons (Fsp3) is 0.323. The first kappa shape index (κ1) is 25.5. The van der Waals surface area contributed by atoms with Gasteiger partial charge in [-0.15, -0.1) is 0 Å². The van der Waals surface area contributed by atoms with Gasteiger partial charge in [0.1, 0.15) is 5.75 Å². The summed E-state index contributed by atoms with van der Waals surface area (Å²) in [4.78, 5) is 42.6. The number of anilines is 1. The van der Waals surface area contributed by atoms with E-state index in [1.54, 1.807) is 37.4 Å². The van der Waals surface area contributed by atoms with Crippen LogP contribution in [0.4, 0.5) is 5.69 Å². The van der Waals surface area contributed by atoms with Crippen LogP contribution in [-0.4, -0.2) is 42.9 Å². The van der Waals surface area contributed by atoms with Crippen LogP contribution in [0.25, 0.3) is 0 Å². The van der Waals surface area contributed by atoms with Gasteiger partial charge in [-0.1, -0.05) is 61.7 Å². The van der Waals surface area contributed by atoms with Gasteiger partial charge < -0.3 is 19.7 Å². The van der Waals surface area contributed by atoms with Crippen LogP contribution in [-0.2, 0) is 9.53 Å². The minimum absolute atomic E-state index is 0.0364. The number of ether oxygens (including phenoxy) is 2. The van der Waals surface area contributed by atoms with E-state index in [4.69, 9.17) is 9.47 Å². The van der Waals surface area contributed by atoms with Gasteiger partial charge in [0, 0.05) is 11.6 Å². The molecule has 0 bridgehead atoms. The molecule has 1 fully saturated rings. The molecular weight excluding hydrogens is 480 g/mol. The van der Waals surface area contributed by atoms with Gasteiger partial charge in [0.15, 0.2) is 0 Å². The Bertz CT molecular complexity index is 1330. The van der Waals surface area contributed by atoms with Crippen LogP contribution in [0.5, 0.6) is 5.75 Å². The van der Waals surface area contributed by atoms with Gasteiger partial charge in [0.05, 0.1) is 37.4 Å². The second-order valence-corrected chi connectivity index (χ2v) is 9.81. The van der Waals surface area contributed by atoms with E-state index in [0.717, 1.165) is 37.7 Å². The third-order valence-electron chi connectivity index (χ3n) is 7.67. The molecule has 5 rings (SSSR count). The van der Waals surface area contributed by atoms with E-state index in [1.807, 2.05) is 47.4 Å². The fourth-order valence-electron chi connectivity index (χ4n) is 5.84. The summed E-state index contributed by atoms with van der Waals surface area (Å²) in [5.41, 5.74) is 2.73. The van der Waals surface area contributed by atoms with Crippen molar-refractivity contribution in [1.82, 2.24) is 4.90 Å². The number of benzene rings is 3. The predicted octanol–water partition coefficient (Wildman–Crippen LogP) is 5.73. The number of hydrogen-bond acceptors (Lipinski definition) is 5. The molecule has 1 aliphatic carbocycles. The van der Waals surface area contributed by atoms with Crippen LogP contribution in [0.15, 0.2) is 72.8 Å². The Labute approximate surface area is 222 Å². The Kier molecular flexibility index (Phi) is 7.45. The van der Waals surface area contributed by atoms with E-state index in [-0.39, 0.29) is 23.4 Å². The maximum atomic E-state index is 14.2. The Balaban J connectivity index is 1.64. The third-order valence-corrected chi connectivity index (χ3v) is 7.67. The number of amides is 2. The number of carbonyl (C=O) groups is 3. The highest BCUT2D eigenvalue weighted by atomic mass is 16.5. The maximum absolute atomic E-state index is 14.2. The molecule has 3 aromatic rings. The highest BCUT2D eigenvalue weighted by Crippen LogP contribution is 2.46. The number of nitrogens with one attached hydrogen (secondary N) is 1. The predicted molar refractivity (Wildman–Crippen MR) is 144 cm³/mol. The van der Waals surface area contributed by atoms with Crippen LogP contribution in [0, 0.1) is 0 Å². The Morgan fingerprint density at radius 3 is 2.26 bits per heavy atom. The molecule has 0 radical (unpaired) electrons. The highest BCUT2D eigenvalue weighted by molar-refractivity contribution is 6.07. The summed E-state index contributed by atoms with van der Waals surface area (Å²) in [5.74, 6) is -0.857. The fourth-order valence-corrected chi connectivity index (χ4v) is 5.84. The van der Waals surface area contributed by atoms with Crippen molar-refractivity contribution in [2.24, 2.45) is 0 Å². The summed E-state index contributed by atoms with van der Waals surface area (Å²) in [5, 5.41) is 2.99. The number of rotatable bonds is 6. The van der Waals surface area contributed by atoms with Gasteiger partial charge in [0.2, 0.25) is 5.91 Å². The number of nitrogens with zero attached hydrogens (tertiary/aromatic N) is 1. The van der Waals surface area contributed by atoms with Crippen LogP contribution in [0.3, 0.4) is 0 Å². The number of methoxy groups -OCH3 is 2. The Morgan fingerprint density at radius 2 is 1.55 bits per heavy atom. The van der Waals surface area contributed by atoms with Crippen molar-refractivity contribution in [3.05, 3.63) is 95.1 Å². The van der Waals surface area contributed by atoms with Crippen molar-refractivity contribution in [2.75, 3.05) is 19.5 Å². The third kappa shape index (κ3) is 4.76. The number of fused-ring (bicyclic) bond motifs is 1. The zero-order valence-corrected chi connectivity index (χ0v) is 21.7. The Morgan fingerprint density at radius 1 is 0.868 bits per heavy atom. The summed E-state index contributed by atoms with van der Waals surface area (Å²) in [6, 6.07) is 21.3. The lowest BCUT2D eigenvalue weighted by atomic mass is 9.77. The van der Waals surface area contributed by atoms with Crippen molar-refractivity contribution < 1.29 is 23.9 Å².